The van der Waals surface area contributed by atoms with Crippen LogP contribution < -0.4 is 0 Å². The van der Waals surface area contributed by atoms with Crippen LogP contribution in [-0.4, -0.2) is 12.6 Å². The molecule has 1 saturated carbocycles. The quantitative estimate of drug-likeness (QED) is 0.770. The van der Waals surface area contributed by atoms with Crippen LogP contribution in [0.1, 0.15) is 36.8 Å². The first-order chi connectivity index (χ1) is 8.52. The largest absolute Gasteiger partial charge is 0.466 e. The maximum atomic E-state index is 13.4. The lowest BCUT2D eigenvalue weighted by Crippen LogP contribution is -2.05. The molecule has 2 nitrogen and oxygen atoms in total. The van der Waals surface area contributed by atoms with Gasteiger partial charge in [-0.2, -0.15) is 0 Å². The highest BCUT2D eigenvalue weighted by atomic mass is 19.1. The van der Waals surface area contributed by atoms with E-state index < -0.39 is 11.6 Å². The van der Waals surface area contributed by atoms with Gasteiger partial charge >= 0.3 is 5.97 Å². The summed E-state index contributed by atoms with van der Waals surface area (Å²) in [4.78, 5) is 11.3. The van der Waals surface area contributed by atoms with Crippen LogP contribution in [0, 0.1) is 24.5 Å². The van der Waals surface area contributed by atoms with E-state index >= 15 is 0 Å². The second-order valence-electron chi connectivity index (χ2n) is 4.72. The third-order valence-corrected chi connectivity index (χ3v) is 3.39. The summed E-state index contributed by atoms with van der Waals surface area (Å²) in [6.07, 6.45) is 1.12. The minimum atomic E-state index is -0.521. The van der Waals surface area contributed by atoms with Gasteiger partial charge in [0.1, 0.15) is 11.6 Å². The number of hydrogen-bond acceptors (Lipinski definition) is 2. The van der Waals surface area contributed by atoms with Crippen molar-refractivity contribution in [3.05, 3.63) is 34.9 Å². The van der Waals surface area contributed by atoms with Crippen molar-refractivity contribution in [2.75, 3.05) is 6.61 Å². The van der Waals surface area contributed by atoms with Gasteiger partial charge in [0.25, 0.3) is 0 Å². The Balaban J connectivity index is 2.01. The lowest BCUT2D eigenvalue weighted by atomic mass is 10.1. The van der Waals surface area contributed by atoms with Crippen molar-refractivity contribution in [2.45, 2.75) is 32.6 Å². The van der Waals surface area contributed by atoms with Gasteiger partial charge in [-0.3, -0.25) is 4.79 Å². The molecule has 2 rings (SSSR count). The summed E-state index contributed by atoms with van der Waals surface area (Å²) < 4.78 is 31.7. The van der Waals surface area contributed by atoms with Gasteiger partial charge in [-0.1, -0.05) is 0 Å². The second kappa shape index (κ2) is 5.04. The predicted octanol–water partition coefficient (Wildman–Crippen LogP) is 3.33. The van der Waals surface area contributed by atoms with E-state index in [0.717, 1.165) is 6.42 Å². The molecule has 0 aliphatic heterocycles. The van der Waals surface area contributed by atoms with Crippen molar-refractivity contribution >= 4 is 5.97 Å². The molecule has 1 fully saturated rings. The van der Waals surface area contributed by atoms with Crippen LogP contribution in [0.3, 0.4) is 0 Å². The number of carbonyl (C=O) groups excluding carboxylic acids is 1. The van der Waals surface area contributed by atoms with E-state index in [1.54, 1.807) is 6.92 Å². The van der Waals surface area contributed by atoms with Gasteiger partial charge in [0.15, 0.2) is 0 Å². The van der Waals surface area contributed by atoms with Crippen molar-refractivity contribution in [3.8, 4) is 0 Å². The lowest BCUT2D eigenvalue weighted by Gasteiger charge is -2.05. The zero-order valence-electron chi connectivity index (χ0n) is 10.5. The molecule has 1 aliphatic rings. The molecule has 18 heavy (non-hydrogen) atoms. The molecule has 4 heteroatoms. The molecule has 0 saturated heterocycles. The van der Waals surface area contributed by atoms with E-state index in [2.05, 4.69) is 0 Å². The molecule has 98 valence electrons. The molecule has 2 atom stereocenters. The number of carbonyl (C=O) groups is 1. The van der Waals surface area contributed by atoms with E-state index in [9.17, 15) is 13.6 Å². The third kappa shape index (κ3) is 2.68. The molecule has 1 aliphatic carbocycles. The highest BCUT2D eigenvalue weighted by molar-refractivity contribution is 5.70. The highest BCUT2D eigenvalue weighted by Crippen LogP contribution is 2.50. The van der Waals surface area contributed by atoms with Crippen LogP contribution in [0.25, 0.3) is 0 Å². The van der Waals surface area contributed by atoms with E-state index in [4.69, 9.17) is 4.74 Å². The molecule has 0 amide bonds. The number of rotatable bonds is 4. The smallest absolute Gasteiger partial charge is 0.306 e. The maximum absolute atomic E-state index is 13.4. The lowest BCUT2D eigenvalue weighted by molar-refractivity contribution is -0.143. The number of halogens is 2. The summed E-state index contributed by atoms with van der Waals surface area (Å²) >= 11 is 0. The fraction of sp³-hybridized carbons (Fsp3) is 0.500. The van der Waals surface area contributed by atoms with Crippen molar-refractivity contribution in [2.24, 2.45) is 5.92 Å². The molecular weight excluding hydrogens is 238 g/mol. The molecule has 2 unspecified atom stereocenters. The Morgan fingerprint density at radius 2 is 2.00 bits per heavy atom. The Hall–Kier alpha value is -1.45. The molecule has 1 aromatic carbocycles. The molecule has 0 aromatic heterocycles. The number of hydrogen-bond donors (Lipinski definition) is 0. The molecule has 1 aromatic rings. The summed E-state index contributed by atoms with van der Waals surface area (Å²) in [5, 5.41) is 0. The Labute approximate surface area is 105 Å². The van der Waals surface area contributed by atoms with Gasteiger partial charge < -0.3 is 4.74 Å². The normalized spacial score (nSPS) is 21.8. The van der Waals surface area contributed by atoms with Crippen molar-refractivity contribution in [1.82, 2.24) is 0 Å². The molecule has 0 spiro atoms. The second-order valence-corrected chi connectivity index (χ2v) is 4.72. The number of benzene rings is 1. The van der Waals surface area contributed by atoms with Crippen LogP contribution in [0.15, 0.2) is 12.1 Å². The Bertz CT molecular complexity index is 448. The third-order valence-electron chi connectivity index (χ3n) is 3.39. The first kappa shape index (κ1) is 13.0. The fourth-order valence-corrected chi connectivity index (χ4v) is 2.19. The Morgan fingerprint density at radius 1 is 1.39 bits per heavy atom. The minimum absolute atomic E-state index is 0.0429. The molecule has 0 heterocycles. The number of ether oxygens (including phenoxy) is 1. The maximum Gasteiger partial charge on any atom is 0.306 e. The van der Waals surface area contributed by atoms with E-state index in [-0.39, 0.29) is 23.4 Å². The summed E-state index contributed by atoms with van der Waals surface area (Å²) in [6, 6.07) is 2.74. The molecule has 0 N–H and O–H groups in total. The van der Waals surface area contributed by atoms with Crippen LogP contribution in [0.2, 0.25) is 0 Å². The van der Waals surface area contributed by atoms with E-state index in [1.165, 1.54) is 19.1 Å². The molecular formula is C14H16F2O2. The summed E-state index contributed by atoms with van der Waals surface area (Å²) in [7, 11) is 0. The standard InChI is InChI=1S/C14H16F2O2/c1-3-18-14(17)7-9-4-11(9)10-5-12(15)8(2)13(16)6-10/h5-6,9,11H,3-4,7H2,1-2H3. The predicted molar refractivity (Wildman–Crippen MR) is 63.2 cm³/mol. The average molecular weight is 254 g/mol. The molecule has 0 bridgehead atoms. The van der Waals surface area contributed by atoms with Crippen LogP contribution in [0.5, 0.6) is 0 Å². The van der Waals surface area contributed by atoms with Gasteiger partial charge in [-0.05, 0) is 49.8 Å². The van der Waals surface area contributed by atoms with Crippen LogP contribution in [0.4, 0.5) is 8.78 Å². The van der Waals surface area contributed by atoms with Crippen molar-refractivity contribution in [1.29, 1.82) is 0 Å². The minimum Gasteiger partial charge on any atom is -0.466 e. The zero-order valence-corrected chi connectivity index (χ0v) is 10.5. The van der Waals surface area contributed by atoms with Crippen LogP contribution >= 0.6 is 0 Å². The molecule has 0 radical (unpaired) electrons. The van der Waals surface area contributed by atoms with Crippen molar-refractivity contribution < 1.29 is 18.3 Å². The average Bonchev–Trinajstić information content (AvgIpc) is 3.04. The summed E-state index contributed by atoms with van der Waals surface area (Å²) in [5.74, 6) is -1.04. The van der Waals surface area contributed by atoms with Gasteiger partial charge in [0.05, 0.1) is 6.61 Å². The van der Waals surface area contributed by atoms with Crippen molar-refractivity contribution in [3.63, 3.8) is 0 Å². The SMILES string of the molecule is CCOC(=O)CC1CC1c1cc(F)c(C)c(F)c1. The monoisotopic (exact) mass is 254 g/mol. The zero-order chi connectivity index (χ0) is 13.3. The topological polar surface area (TPSA) is 26.3 Å². The summed E-state index contributed by atoms with van der Waals surface area (Å²) in [6.45, 7) is 3.54. The Morgan fingerprint density at radius 3 is 2.56 bits per heavy atom. The first-order valence-electron chi connectivity index (χ1n) is 6.14. The summed E-state index contributed by atoms with van der Waals surface area (Å²) in [5.41, 5.74) is 0.686. The van der Waals surface area contributed by atoms with E-state index in [0.29, 0.717) is 18.6 Å². The number of esters is 1. The Kier molecular flexibility index (Phi) is 3.64. The first-order valence-corrected chi connectivity index (χ1v) is 6.14. The van der Waals surface area contributed by atoms with Crippen LogP contribution in [-0.2, 0) is 9.53 Å². The fourth-order valence-electron chi connectivity index (χ4n) is 2.19. The van der Waals surface area contributed by atoms with Gasteiger partial charge in [0.2, 0.25) is 0 Å². The van der Waals surface area contributed by atoms with Gasteiger partial charge in [0, 0.05) is 12.0 Å². The highest BCUT2D eigenvalue weighted by Gasteiger charge is 2.40. The van der Waals surface area contributed by atoms with Gasteiger partial charge in [-0.25, -0.2) is 8.78 Å². The van der Waals surface area contributed by atoms with E-state index in [1.807, 2.05) is 0 Å². The van der Waals surface area contributed by atoms with Gasteiger partial charge in [-0.15, -0.1) is 0 Å².